The van der Waals surface area contributed by atoms with Gasteiger partial charge in [0.1, 0.15) is 5.82 Å². The van der Waals surface area contributed by atoms with E-state index < -0.39 is 0 Å². The Morgan fingerprint density at radius 1 is 0.966 bits per heavy atom. The second kappa shape index (κ2) is 8.21. The van der Waals surface area contributed by atoms with Crippen LogP contribution in [-0.2, 0) is 0 Å². The van der Waals surface area contributed by atoms with Crippen LogP contribution < -0.4 is 15.1 Å². The molecule has 1 fully saturated rings. The molecule has 0 saturated carbocycles. The van der Waals surface area contributed by atoms with Gasteiger partial charge in [-0.3, -0.25) is 4.79 Å². The number of carbonyl (C=O) groups excluding carboxylic acids is 1. The van der Waals surface area contributed by atoms with Gasteiger partial charge in [0.25, 0.3) is 5.91 Å². The molecule has 1 saturated heterocycles. The maximum atomic E-state index is 12.4. The van der Waals surface area contributed by atoms with Crippen LogP contribution >= 0.6 is 11.3 Å². The van der Waals surface area contributed by atoms with Gasteiger partial charge < -0.3 is 15.1 Å². The molecular formula is C22H25N5OS. The number of thiazole rings is 1. The van der Waals surface area contributed by atoms with Crippen molar-refractivity contribution in [3.05, 3.63) is 64.3 Å². The molecule has 0 aliphatic carbocycles. The van der Waals surface area contributed by atoms with Crippen LogP contribution in [0.25, 0.3) is 0 Å². The molecule has 29 heavy (non-hydrogen) atoms. The van der Waals surface area contributed by atoms with Gasteiger partial charge >= 0.3 is 0 Å². The van der Waals surface area contributed by atoms with Crippen molar-refractivity contribution in [3.63, 3.8) is 0 Å². The molecule has 3 aromatic rings. The number of anilines is 3. The highest BCUT2D eigenvalue weighted by Gasteiger charge is 2.21. The van der Waals surface area contributed by atoms with Crippen LogP contribution in [0, 0.1) is 20.8 Å². The third-order valence-corrected chi connectivity index (χ3v) is 6.34. The molecule has 0 spiro atoms. The molecule has 2 aromatic heterocycles. The lowest BCUT2D eigenvalue weighted by Crippen LogP contribution is -2.46. The number of hydrogen-bond acceptors (Lipinski definition) is 6. The molecule has 7 heteroatoms. The third kappa shape index (κ3) is 4.40. The van der Waals surface area contributed by atoms with E-state index in [0.29, 0.717) is 5.56 Å². The first-order chi connectivity index (χ1) is 14.0. The van der Waals surface area contributed by atoms with Gasteiger partial charge in [0.2, 0.25) is 0 Å². The minimum absolute atomic E-state index is 0.146. The fourth-order valence-corrected chi connectivity index (χ4v) is 4.23. The molecule has 6 nitrogen and oxygen atoms in total. The number of aryl methyl sites for hydroxylation is 3. The van der Waals surface area contributed by atoms with Crippen LogP contribution in [0.1, 0.15) is 26.5 Å². The van der Waals surface area contributed by atoms with Gasteiger partial charge in [-0.15, -0.1) is 11.3 Å². The van der Waals surface area contributed by atoms with Crippen LogP contribution in [0.15, 0.2) is 42.6 Å². The van der Waals surface area contributed by atoms with Crippen molar-refractivity contribution in [1.82, 2.24) is 9.97 Å². The highest BCUT2D eigenvalue weighted by Crippen LogP contribution is 2.26. The zero-order valence-corrected chi connectivity index (χ0v) is 17.8. The van der Waals surface area contributed by atoms with E-state index in [0.717, 1.165) is 54.1 Å². The number of amides is 1. The van der Waals surface area contributed by atoms with E-state index in [9.17, 15) is 4.79 Å². The second-order valence-corrected chi connectivity index (χ2v) is 8.52. The highest BCUT2D eigenvalue weighted by molar-refractivity contribution is 7.15. The summed E-state index contributed by atoms with van der Waals surface area (Å²) in [6.45, 7) is 9.82. The SMILES string of the molecule is Cc1ccc(NC(=O)c2ccc(N3CCN(c4nc(C)c(C)s4)CC3)nc2)cc1. The number of pyridine rings is 1. The lowest BCUT2D eigenvalue weighted by Gasteiger charge is -2.35. The first-order valence-corrected chi connectivity index (χ1v) is 10.6. The van der Waals surface area contributed by atoms with E-state index in [2.05, 4.69) is 38.9 Å². The number of nitrogens with one attached hydrogen (secondary N) is 1. The van der Waals surface area contributed by atoms with E-state index >= 15 is 0 Å². The number of benzene rings is 1. The Morgan fingerprint density at radius 3 is 2.24 bits per heavy atom. The molecule has 1 aliphatic rings. The second-order valence-electron chi connectivity index (χ2n) is 7.34. The highest BCUT2D eigenvalue weighted by atomic mass is 32.1. The third-order valence-electron chi connectivity index (χ3n) is 5.21. The van der Waals surface area contributed by atoms with Gasteiger partial charge in [-0.25, -0.2) is 9.97 Å². The molecule has 0 radical (unpaired) electrons. The van der Waals surface area contributed by atoms with E-state index in [1.165, 1.54) is 4.88 Å². The van der Waals surface area contributed by atoms with Crippen molar-refractivity contribution >= 4 is 33.9 Å². The Bertz CT molecular complexity index is 970. The molecule has 4 rings (SSSR count). The standard InChI is InChI=1S/C22H25N5OS/c1-15-4-7-19(8-5-15)25-21(28)18-6-9-20(23-14-18)26-10-12-27(13-11-26)22-24-16(2)17(3)29-22/h4-9,14H,10-13H2,1-3H3,(H,25,28). The Balaban J connectivity index is 1.35. The molecule has 0 atom stereocenters. The summed E-state index contributed by atoms with van der Waals surface area (Å²) < 4.78 is 0. The Labute approximate surface area is 175 Å². The minimum atomic E-state index is -0.146. The average molecular weight is 408 g/mol. The predicted octanol–water partition coefficient (Wildman–Crippen LogP) is 4.04. The number of nitrogens with zero attached hydrogens (tertiary/aromatic N) is 4. The summed E-state index contributed by atoms with van der Waals surface area (Å²) in [5, 5.41) is 4.02. The summed E-state index contributed by atoms with van der Waals surface area (Å²) in [5.74, 6) is 0.760. The molecule has 3 heterocycles. The predicted molar refractivity (Wildman–Crippen MR) is 119 cm³/mol. The monoisotopic (exact) mass is 407 g/mol. The summed E-state index contributed by atoms with van der Waals surface area (Å²) in [6.07, 6.45) is 1.65. The van der Waals surface area contributed by atoms with E-state index in [-0.39, 0.29) is 5.91 Å². The maximum Gasteiger partial charge on any atom is 0.257 e. The lowest BCUT2D eigenvalue weighted by molar-refractivity contribution is 0.102. The first kappa shape index (κ1) is 19.4. The van der Waals surface area contributed by atoms with Crippen molar-refractivity contribution < 1.29 is 4.79 Å². The zero-order valence-electron chi connectivity index (χ0n) is 17.0. The largest absolute Gasteiger partial charge is 0.353 e. The topological polar surface area (TPSA) is 61.4 Å². The van der Waals surface area contributed by atoms with E-state index in [1.54, 1.807) is 17.5 Å². The molecule has 1 N–H and O–H groups in total. The zero-order chi connectivity index (χ0) is 20.4. The normalized spacial score (nSPS) is 14.2. The van der Waals surface area contributed by atoms with Crippen molar-refractivity contribution in [2.45, 2.75) is 20.8 Å². The molecule has 0 unspecified atom stereocenters. The summed E-state index contributed by atoms with van der Waals surface area (Å²) in [4.78, 5) is 27.5. The molecular weight excluding hydrogens is 382 g/mol. The summed E-state index contributed by atoms with van der Waals surface area (Å²) in [5.41, 5.74) is 3.62. The number of piperazine rings is 1. The molecule has 1 amide bonds. The molecule has 150 valence electrons. The van der Waals surface area contributed by atoms with Crippen LogP contribution in [-0.4, -0.2) is 42.1 Å². The number of hydrogen-bond donors (Lipinski definition) is 1. The van der Waals surface area contributed by atoms with E-state index in [4.69, 9.17) is 0 Å². The lowest BCUT2D eigenvalue weighted by atomic mass is 10.2. The summed E-state index contributed by atoms with van der Waals surface area (Å²) >= 11 is 1.76. The summed E-state index contributed by atoms with van der Waals surface area (Å²) in [6, 6.07) is 11.5. The minimum Gasteiger partial charge on any atom is -0.353 e. The van der Waals surface area contributed by atoms with Crippen LogP contribution in [0.5, 0.6) is 0 Å². The fourth-order valence-electron chi connectivity index (χ4n) is 3.27. The summed E-state index contributed by atoms with van der Waals surface area (Å²) in [7, 11) is 0. The van der Waals surface area contributed by atoms with Gasteiger partial charge in [-0.05, 0) is 45.0 Å². The number of aromatic nitrogens is 2. The van der Waals surface area contributed by atoms with Crippen LogP contribution in [0.2, 0.25) is 0 Å². The van der Waals surface area contributed by atoms with Gasteiger partial charge in [0.15, 0.2) is 5.13 Å². The fraction of sp³-hybridized carbons (Fsp3) is 0.318. The smallest absolute Gasteiger partial charge is 0.257 e. The number of carbonyl (C=O) groups is 1. The van der Waals surface area contributed by atoms with E-state index in [1.807, 2.05) is 43.3 Å². The Kier molecular flexibility index (Phi) is 5.49. The van der Waals surface area contributed by atoms with Crippen molar-refractivity contribution in [1.29, 1.82) is 0 Å². The average Bonchev–Trinajstić information content (AvgIpc) is 3.08. The molecule has 1 aliphatic heterocycles. The van der Waals surface area contributed by atoms with Crippen molar-refractivity contribution in [2.24, 2.45) is 0 Å². The van der Waals surface area contributed by atoms with Gasteiger partial charge in [0, 0.05) is 42.9 Å². The Hall–Kier alpha value is -2.93. The molecule has 1 aromatic carbocycles. The van der Waals surface area contributed by atoms with Crippen LogP contribution in [0.4, 0.5) is 16.6 Å². The van der Waals surface area contributed by atoms with Gasteiger partial charge in [-0.1, -0.05) is 17.7 Å². The number of rotatable bonds is 4. The molecule has 0 bridgehead atoms. The van der Waals surface area contributed by atoms with Crippen molar-refractivity contribution in [3.8, 4) is 0 Å². The van der Waals surface area contributed by atoms with Gasteiger partial charge in [-0.2, -0.15) is 0 Å². The Morgan fingerprint density at radius 2 is 1.66 bits per heavy atom. The quantitative estimate of drug-likeness (QED) is 0.707. The van der Waals surface area contributed by atoms with Crippen LogP contribution in [0.3, 0.4) is 0 Å². The van der Waals surface area contributed by atoms with Gasteiger partial charge in [0.05, 0.1) is 11.3 Å². The maximum absolute atomic E-state index is 12.4. The first-order valence-electron chi connectivity index (χ1n) is 9.77. The van der Waals surface area contributed by atoms with Crippen molar-refractivity contribution in [2.75, 3.05) is 41.3 Å².